The lowest BCUT2D eigenvalue weighted by atomic mass is 9.99. The average molecular weight is 426 g/mol. The first kappa shape index (κ1) is 23.2. The first-order valence-electron chi connectivity index (χ1n) is 9.96. The third-order valence-corrected chi connectivity index (χ3v) is 7.19. The van der Waals surface area contributed by atoms with E-state index >= 15 is 0 Å². The van der Waals surface area contributed by atoms with Crippen LogP contribution in [0.25, 0.3) is 0 Å². The molecule has 162 valence electrons. The minimum absolute atomic E-state index is 0.0747. The molecule has 8 nitrogen and oxygen atoms in total. The predicted molar refractivity (Wildman–Crippen MR) is 111 cm³/mol. The molecule has 1 heterocycles. The van der Waals surface area contributed by atoms with Crippen molar-refractivity contribution in [1.29, 1.82) is 0 Å². The Kier molecular flexibility index (Phi) is 8.04. The monoisotopic (exact) mass is 425 g/mol. The van der Waals surface area contributed by atoms with E-state index in [1.54, 1.807) is 13.0 Å². The molecule has 1 aromatic carbocycles. The minimum atomic E-state index is -3.34. The van der Waals surface area contributed by atoms with Crippen LogP contribution < -0.4 is 15.6 Å². The Labute approximate surface area is 173 Å². The Hall–Kier alpha value is -2.13. The highest BCUT2D eigenvalue weighted by Crippen LogP contribution is 2.22. The number of amides is 2. The number of benzene rings is 1. The van der Waals surface area contributed by atoms with Crippen molar-refractivity contribution in [2.75, 3.05) is 18.8 Å². The van der Waals surface area contributed by atoms with Crippen LogP contribution in [-0.2, 0) is 19.6 Å². The lowest BCUT2D eigenvalue weighted by Crippen LogP contribution is -2.52. The second-order valence-electron chi connectivity index (χ2n) is 7.45. The summed E-state index contributed by atoms with van der Waals surface area (Å²) >= 11 is 0. The molecule has 2 unspecified atom stereocenters. The van der Waals surface area contributed by atoms with Gasteiger partial charge in [0.2, 0.25) is 15.9 Å². The van der Waals surface area contributed by atoms with Gasteiger partial charge in [0.05, 0.1) is 11.7 Å². The van der Waals surface area contributed by atoms with Crippen molar-refractivity contribution >= 4 is 21.8 Å². The number of hydrogen-bond donors (Lipinski definition) is 2. The van der Waals surface area contributed by atoms with E-state index in [9.17, 15) is 18.0 Å². The maximum atomic E-state index is 12.4. The van der Waals surface area contributed by atoms with Crippen LogP contribution in [0.1, 0.15) is 44.2 Å². The molecule has 1 saturated heterocycles. The third-order valence-electron chi connectivity index (χ3n) is 5.15. The molecule has 9 heteroatoms. The third kappa shape index (κ3) is 6.17. The molecule has 1 fully saturated rings. The van der Waals surface area contributed by atoms with Gasteiger partial charge in [0, 0.05) is 13.1 Å². The van der Waals surface area contributed by atoms with Crippen LogP contribution >= 0.6 is 0 Å². The molecule has 1 aliphatic rings. The highest BCUT2D eigenvalue weighted by molar-refractivity contribution is 7.89. The van der Waals surface area contributed by atoms with Gasteiger partial charge in [0.15, 0.2) is 6.10 Å². The normalized spacial score (nSPS) is 18.7. The van der Waals surface area contributed by atoms with Crippen LogP contribution in [0.3, 0.4) is 0 Å². The van der Waals surface area contributed by atoms with Crippen LogP contribution in [0.5, 0.6) is 5.75 Å². The summed E-state index contributed by atoms with van der Waals surface area (Å²) in [5.41, 5.74) is 6.80. The van der Waals surface area contributed by atoms with E-state index < -0.39 is 33.9 Å². The quantitative estimate of drug-likeness (QED) is 0.647. The maximum Gasteiger partial charge on any atom is 0.279 e. The van der Waals surface area contributed by atoms with Crippen molar-refractivity contribution in [2.24, 2.45) is 5.92 Å². The number of hydrazine groups is 1. The average Bonchev–Trinajstić information content (AvgIpc) is 2.69. The molecule has 0 aliphatic carbocycles. The van der Waals surface area contributed by atoms with Gasteiger partial charge in [-0.2, -0.15) is 0 Å². The Morgan fingerprint density at radius 1 is 1.28 bits per heavy atom. The molecular weight excluding hydrogens is 394 g/mol. The number of nitrogens with zero attached hydrogens (tertiary/aromatic N) is 1. The standard InChI is InChI=1S/C20H31N3O5S/c1-5-12-29(26,27)23-11-7-9-17(13-23)20(25)22-21-19(24)16(4)28-18-10-6-8-14(2)15(18)3/h6,8,10,16-17H,5,7,9,11-13H2,1-4H3,(H,21,24)(H,22,25). The Morgan fingerprint density at radius 3 is 2.69 bits per heavy atom. The summed E-state index contributed by atoms with van der Waals surface area (Å²) in [5.74, 6) is -0.682. The molecular formula is C20H31N3O5S. The number of piperidine rings is 1. The van der Waals surface area contributed by atoms with Crippen molar-refractivity contribution in [2.45, 2.75) is 53.1 Å². The molecule has 2 N–H and O–H groups in total. The van der Waals surface area contributed by atoms with Gasteiger partial charge in [-0.15, -0.1) is 0 Å². The van der Waals surface area contributed by atoms with Gasteiger partial charge in [-0.05, 0) is 57.2 Å². The zero-order valence-electron chi connectivity index (χ0n) is 17.5. The molecule has 2 amide bonds. The first-order valence-corrected chi connectivity index (χ1v) is 11.6. The number of nitrogens with one attached hydrogen (secondary N) is 2. The second-order valence-corrected chi connectivity index (χ2v) is 9.54. The summed E-state index contributed by atoms with van der Waals surface area (Å²) in [6.45, 7) is 7.85. The fraction of sp³-hybridized carbons (Fsp3) is 0.600. The molecule has 0 saturated carbocycles. The summed E-state index contributed by atoms with van der Waals surface area (Å²) < 4.78 is 31.6. The Morgan fingerprint density at radius 2 is 2.00 bits per heavy atom. The predicted octanol–water partition coefficient (Wildman–Crippen LogP) is 1.67. The Balaban J connectivity index is 1.87. The van der Waals surface area contributed by atoms with E-state index in [-0.39, 0.29) is 12.3 Å². The molecule has 0 spiro atoms. The molecule has 29 heavy (non-hydrogen) atoms. The lowest BCUT2D eigenvalue weighted by Gasteiger charge is -2.31. The molecule has 1 aliphatic heterocycles. The lowest BCUT2D eigenvalue weighted by molar-refractivity contribution is -0.134. The molecule has 2 rings (SSSR count). The number of hydrogen-bond acceptors (Lipinski definition) is 5. The van der Waals surface area contributed by atoms with Crippen molar-refractivity contribution < 1.29 is 22.7 Å². The molecule has 0 bridgehead atoms. The van der Waals surface area contributed by atoms with E-state index in [0.717, 1.165) is 11.1 Å². The summed E-state index contributed by atoms with van der Waals surface area (Å²) in [6, 6.07) is 5.60. The smallest absolute Gasteiger partial charge is 0.279 e. The fourth-order valence-corrected chi connectivity index (χ4v) is 4.81. The maximum absolute atomic E-state index is 12.4. The largest absolute Gasteiger partial charge is 0.481 e. The molecule has 0 aromatic heterocycles. The first-order chi connectivity index (χ1) is 13.7. The van der Waals surface area contributed by atoms with E-state index in [0.29, 0.717) is 31.6 Å². The van der Waals surface area contributed by atoms with Crippen LogP contribution in [0, 0.1) is 19.8 Å². The molecule has 2 atom stereocenters. The number of sulfonamides is 1. The summed E-state index contributed by atoms with van der Waals surface area (Å²) in [4.78, 5) is 24.7. The van der Waals surface area contributed by atoms with Crippen LogP contribution in [-0.4, -0.2) is 49.5 Å². The zero-order chi connectivity index (χ0) is 21.6. The van der Waals surface area contributed by atoms with Gasteiger partial charge in [-0.1, -0.05) is 19.1 Å². The number of carbonyl (C=O) groups excluding carboxylic acids is 2. The summed E-state index contributed by atoms with van der Waals surface area (Å²) in [5, 5.41) is 0. The minimum Gasteiger partial charge on any atom is -0.481 e. The van der Waals surface area contributed by atoms with Crippen LogP contribution in [0.2, 0.25) is 0 Å². The highest BCUT2D eigenvalue weighted by atomic mass is 32.2. The second kappa shape index (κ2) is 10.1. The van der Waals surface area contributed by atoms with Gasteiger partial charge in [0.1, 0.15) is 5.75 Å². The van der Waals surface area contributed by atoms with Crippen molar-refractivity contribution in [1.82, 2.24) is 15.2 Å². The van der Waals surface area contributed by atoms with E-state index in [4.69, 9.17) is 4.74 Å². The van der Waals surface area contributed by atoms with E-state index in [1.807, 2.05) is 32.9 Å². The Bertz CT molecular complexity index is 841. The van der Waals surface area contributed by atoms with Crippen molar-refractivity contribution in [3.8, 4) is 5.75 Å². The number of aryl methyl sites for hydroxylation is 1. The van der Waals surface area contributed by atoms with Crippen LogP contribution in [0.15, 0.2) is 18.2 Å². The zero-order valence-corrected chi connectivity index (χ0v) is 18.3. The molecule has 0 radical (unpaired) electrons. The van der Waals surface area contributed by atoms with Crippen molar-refractivity contribution in [3.63, 3.8) is 0 Å². The van der Waals surface area contributed by atoms with Gasteiger partial charge in [0.25, 0.3) is 5.91 Å². The van der Waals surface area contributed by atoms with E-state index in [2.05, 4.69) is 10.9 Å². The summed E-state index contributed by atoms with van der Waals surface area (Å²) in [6.07, 6.45) is 0.920. The molecule has 1 aromatic rings. The van der Waals surface area contributed by atoms with Gasteiger partial charge >= 0.3 is 0 Å². The fourth-order valence-electron chi connectivity index (χ4n) is 3.22. The van der Waals surface area contributed by atoms with Gasteiger partial charge in [-0.25, -0.2) is 12.7 Å². The van der Waals surface area contributed by atoms with E-state index in [1.165, 1.54) is 4.31 Å². The topological polar surface area (TPSA) is 105 Å². The number of rotatable bonds is 7. The SMILES string of the molecule is CCCS(=O)(=O)N1CCCC(C(=O)NNC(=O)C(C)Oc2cccc(C)c2C)C1. The van der Waals surface area contributed by atoms with Gasteiger partial charge < -0.3 is 4.74 Å². The summed E-state index contributed by atoms with van der Waals surface area (Å²) in [7, 11) is -3.34. The number of ether oxygens (including phenoxy) is 1. The van der Waals surface area contributed by atoms with Gasteiger partial charge in [-0.3, -0.25) is 20.4 Å². The van der Waals surface area contributed by atoms with Crippen LogP contribution in [0.4, 0.5) is 0 Å². The number of carbonyl (C=O) groups is 2. The highest BCUT2D eigenvalue weighted by Gasteiger charge is 2.32. The van der Waals surface area contributed by atoms with Crippen molar-refractivity contribution in [3.05, 3.63) is 29.3 Å².